The van der Waals surface area contributed by atoms with Crippen molar-refractivity contribution in [2.45, 2.75) is 25.8 Å². The van der Waals surface area contributed by atoms with Crippen molar-refractivity contribution >= 4 is 12.1 Å². The Kier molecular flexibility index (Phi) is 7.12. The predicted molar refractivity (Wildman–Crippen MR) is 107 cm³/mol. The Morgan fingerprint density at radius 2 is 1.93 bits per heavy atom. The number of nitrogens with zero attached hydrogens (tertiary/aromatic N) is 3. The van der Waals surface area contributed by atoms with Crippen molar-refractivity contribution in [2.24, 2.45) is 0 Å². The van der Waals surface area contributed by atoms with E-state index < -0.39 is 0 Å². The molecule has 3 heterocycles. The van der Waals surface area contributed by atoms with Gasteiger partial charge in [0.15, 0.2) is 12.2 Å². The van der Waals surface area contributed by atoms with E-state index in [0.29, 0.717) is 12.2 Å². The zero-order valence-electron chi connectivity index (χ0n) is 15.3. The van der Waals surface area contributed by atoms with Crippen LogP contribution in [0.5, 0.6) is 0 Å². The third kappa shape index (κ3) is 6.04. The molecule has 1 aliphatic rings. The maximum Gasteiger partial charge on any atom is 0.211 e. The normalized spacial score (nSPS) is 14.1. The Hall–Kier alpha value is -2.99. The summed E-state index contributed by atoms with van der Waals surface area (Å²) in [6, 6.07) is 13.4. The lowest BCUT2D eigenvalue weighted by Crippen LogP contribution is -2.29. The van der Waals surface area contributed by atoms with Gasteiger partial charge in [-0.05, 0) is 62.3 Å². The Morgan fingerprint density at radius 3 is 2.56 bits per heavy atom. The molecule has 4 rings (SSSR count). The number of rotatable bonds is 5. The van der Waals surface area contributed by atoms with Crippen molar-refractivity contribution < 1.29 is 10.6 Å². The molecule has 1 saturated heterocycles. The van der Waals surface area contributed by atoms with E-state index in [0.717, 1.165) is 17.8 Å². The van der Waals surface area contributed by atoms with Gasteiger partial charge in [0.2, 0.25) is 6.41 Å². The first-order valence-corrected chi connectivity index (χ1v) is 9.16. The Morgan fingerprint density at radius 1 is 1.11 bits per heavy atom. The molecule has 1 fully saturated rings. The molecular formula is C21H26N4O2. The SMILES string of the molecule is O=CNc1ccc(-c2cnco2)cc1.[HH].c1ccc(CN2CCCCC2)nc1. The molecule has 2 aromatic heterocycles. The number of anilines is 1. The zero-order chi connectivity index (χ0) is 18.7. The molecule has 0 unspecified atom stereocenters. The second-order valence-electron chi connectivity index (χ2n) is 6.36. The number of hydrogen-bond acceptors (Lipinski definition) is 5. The van der Waals surface area contributed by atoms with Gasteiger partial charge in [-0.2, -0.15) is 0 Å². The lowest BCUT2D eigenvalue weighted by atomic mass is 10.1. The molecule has 0 saturated carbocycles. The van der Waals surface area contributed by atoms with Gasteiger partial charge in [-0.3, -0.25) is 14.7 Å². The van der Waals surface area contributed by atoms with Gasteiger partial charge >= 0.3 is 0 Å². The highest BCUT2D eigenvalue weighted by atomic mass is 16.3. The van der Waals surface area contributed by atoms with Crippen LogP contribution in [0.15, 0.2) is 65.7 Å². The Balaban J connectivity index is 0.000000194. The number of hydrogen-bond donors (Lipinski definition) is 1. The van der Waals surface area contributed by atoms with Crippen LogP contribution in [-0.4, -0.2) is 34.4 Å². The number of nitrogens with one attached hydrogen (secondary N) is 1. The maximum absolute atomic E-state index is 10.1. The van der Waals surface area contributed by atoms with Gasteiger partial charge in [-0.1, -0.05) is 12.5 Å². The molecule has 27 heavy (non-hydrogen) atoms. The average molecular weight is 366 g/mol. The van der Waals surface area contributed by atoms with Crippen molar-refractivity contribution in [2.75, 3.05) is 18.4 Å². The minimum atomic E-state index is 0. The summed E-state index contributed by atoms with van der Waals surface area (Å²) in [5.74, 6) is 0.711. The maximum atomic E-state index is 10.1. The Labute approximate surface area is 160 Å². The molecule has 0 bridgehead atoms. The van der Waals surface area contributed by atoms with Crippen LogP contribution < -0.4 is 5.32 Å². The molecule has 0 aliphatic carbocycles. The molecule has 6 heteroatoms. The van der Waals surface area contributed by atoms with Crippen LogP contribution in [0.4, 0.5) is 5.69 Å². The summed E-state index contributed by atoms with van der Waals surface area (Å²) < 4.78 is 5.12. The first kappa shape index (κ1) is 18.8. The lowest BCUT2D eigenvalue weighted by molar-refractivity contribution is -0.105. The van der Waals surface area contributed by atoms with Crippen LogP contribution in [0.1, 0.15) is 26.4 Å². The Bertz CT molecular complexity index is 789. The van der Waals surface area contributed by atoms with Gasteiger partial charge < -0.3 is 9.73 Å². The van der Waals surface area contributed by atoms with Crippen molar-refractivity contribution in [1.29, 1.82) is 0 Å². The van der Waals surface area contributed by atoms with Gasteiger partial charge in [0.05, 0.1) is 11.9 Å². The van der Waals surface area contributed by atoms with Crippen molar-refractivity contribution in [3.8, 4) is 11.3 Å². The van der Waals surface area contributed by atoms with Crippen molar-refractivity contribution in [1.82, 2.24) is 14.9 Å². The molecule has 3 aromatic rings. The number of likely N-dealkylation sites (tertiary alicyclic amines) is 1. The molecule has 0 spiro atoms. The average Bonchev–Trinajstić information content (AvgIpc) is 3.26. The number of carbonyl (C=O) groups excluding carboxylic acids is 1. The van der Waals surface area contributed by atoms with Crippen molar-refractivity contribution in [3.05, 3.63) is 66.9 Å². The molecule has 142 valence electrons. The summed E-state index contributed by atoms with van der Waals surface area (Å²) in [4.78, 5) is 20.8. The van der Waals surface area contributed by atoms with Gasteiger partial charge in [-0.25, -0.2) is 4.98 Å². The van der Waals surface area contributed by atoms with Gasteiger partial charge in [0, 0.05) is 25.4 Å². The monoisotopic (exact) mass is 366 g/mol. The van der Waals surface area contributed by atoms with Crippen LogP contribution in [0.25, 0.3) is 11.3 Å². The summed E-state index contributed by atoms with van der Waals surface area (Å²) in [7, 11) is 0. The highest BCUT2D eigenvalue weighted by Crippen LogP contribution is 2.20. The number of amides is 1. The van der Waals surface area contributed by atoms with Crippen LogP contribution >= 0.6 is 0 Å². The number of carbonyl (C=O) groups is 1. The molecule has 1 aromatic carbocycles. The van der Waals surface area contributed by atoms with E-state index >= 15 is 0 Å². The number of pyridine rings is 1. The standard InChI is InChI=1S/C11H16N2.C10H8N2O2.H2/c1-4-8-13(9-5-1)10-11-6-2-3-7-12-11;13-6-12-9-3-1-8(2-4-9)10-5-11-7-14-10;/h2-3,6-7H,1,4-5,8-10H2;1-7H,(H,12,13);1H. The van der Waals surface area contributed by atoms with Crippen LogP contribution in [-0.2, 0) is 11.3 Å². The van der Waals surface area contributed by atoms with E-state index in [1.165, 1.54) is 44.4 Å². The van der Waals surface area contributed by atoms with E-state index in [1.807, 2.05) is 24.4 Å². The lowest BCUT2D eigenvalue weighted by Gasteiger charge is -2.25. The molecule has 6 nitrogen and oxygen atoms in total. The zero-order valence-corrected chi connectivity index (χ0v) is 15.3. The van der Waals surface area contributed by atoms with Crippen LogP contribution in [0.2, 0.25) is 0 Å². The molecule has 1 aliphatic heterocycles. The summed E-state index contributed by atoms with van der Waals surface area (Å²) in [6.07, 6.45) is 9.65. The van der Waals surface area contributed by atoms with Gasteiger partial charge in [-0.15, -0.1) is 0 Å². The first-order valence-electron chi connectivity index (χ1n) is 9.16. The smallest absolute Gasteiger partial charge is 0.211 e. The van der Waals surface area contributed by atoms with Crippen molar-refractivity contribution in [3.63, 3.8) is 0 Å². The topological polar surface area (TPSA) is 71.3 Å². The van der Waals surface area contributed by atoms with Gasteiger partial charge in [0.1, 0.15) is 0 Å². The fourth-order valence-corrected chi connectivity index (χ4v) is 3.00. The molecular weight excluding hydrogens is 340 g/mol. The second kappa shape index (κ2) is 10.2. The van der Waals surface area contributed by atoms with Gasteiger partial charge in [0.25, 0.3) is 0 Å². The number of aromatic nitrogens is 2. The molecule has 1 amide bonds. The van der Waals surface area contributed by atoms with Crippen LogP contribution in [0, 0.1) is 0 Å². The summed E-state index contributed by atoms with van der Waals surface area (Å²) >= 11 is 0. The predicted octanol–water partition coefficient (Wildman–Crippen LogP) is 4.22. The third-order valence-corrected chi connectivity index (χ3v) is 4.39. The summed E-state index contributed by atoms with van der Waals surface area (Å²) in [6.45, 7) is 3.52. The highest BCUT2D eigenvalue weighted by Gasteiger charge is 2.10. The van der Waals surface area contributed by atoms with E-state index in [9.17, 15) is 4.79 Å². The van der Waals surface area contributed by atoms with Crippen LogP contribution in [0.3, 0.4) is 0 Å². The highest BCUT2D eigenvalue weighted by molar-refractivity contribution is 5.72. The van der Waals surface area contributed by atoms with E-state index in [4.69, 9.17) is 4.42 Å². The van der Waals surface area contributed by atoms with E-state index in [2.05, 4.69) is 32.3 Å². The largest absolute Gasteiger partial charge is 0.444 e. The molecule has 0 radical (unpaired) electrons. The minimum absolute atomic E-state index is 0. The second-order valence-corrected chi connectivity index (χ2v) is 6.36. The fraction of sp³-hybridized carbons (Fsp3) is 0.286. The first-order chi connectivity index (χ1) is 13.3. The minimum Gasteiger partial charge on any atom is -0.444 e. The third-order valence-electron chi connectivity index (χ3n) is 4.39. The van der Waals surface area contributed by atoms with E-state index in [-0.39, 0.29) is 1.43 Å². The summed E-state index contributed by atoms with van der Waals surface area (Å²) in [5, 5.41) is 2.55. The number of oxazole rings is 1. The number of benzene rings is 1. The number of piperidine rings is 1. The fourth-order valence-electron chi connectivity index (χ4n) is 3.00. The molecule has 1 N–H and O–H groups in total. The quantitative estimate of drug-likeness (QED) is 0.685. The summed E-state index contributed by atoms with van der Waals surface area (Å²) in [5.41, 5.74) is 2.88. The molecule has 0 atom stereocenters. The van der Waals surface area contributed by atoms with E-state index in [1.54, 1.807) is 18.3 Å².